The molecule has 0 atom stereocenters. The van der Waals surface area contributed by atoms with Gasteiger partial charge in [0.25, 0.3) is 5.91 Å². The average molecular weight is 582 g/mol. The summed E-state index contributed by atoms with van der Waals surface area (Å²) < 4.78 is 46.0. The van der Waals surface area contributed by atoms with Crippen molar-refractivity contribution in [1.29, 1.82) is 0 Å². The molecule has 0 spiro atoms. The first kappa shape index (κ1) is 29.7. The van der Waals surface area contributed by atoms with E-state index in [2.05, 4.69) is 0 Å². The SMILES string of the molecule is CCN(CC)c1ccc(CN(CC(C)C)C(=O)c2cccc(F)c2)c(OS(=O)(=O)c2ccc(Cl)c(Cl)c2)c1. The van der Waals surface area contributed by atoms with Crippen LogP contribution in [0.1, 0.15) is 43.6 Å². The van der Waals surface area contributed by atoms with Crippen LogP contribution in [0.5, 0.6) is 5.75 Å². The largest absolute Gasteiger partial charge is 0.379 e. The van der Waals surface area contributed by atoms with Crippen molar-refractivity contribution in [3.05, 3.63) is 87.7 Å². The van der Waals surface area contributed by atoms with Crippen molar-refractivity contribution in [2.75, 3.05) is 24.5 Å². The summed E-state index contributed by atoms with van der Waals surface area (Å²) in [7, 11) is -4.28. The molecule has 0 radical (unpaired) electrons. The van der Waals surface area contributed by atoms with Gasteiger partial charge in [0.2, 0.25) is 0 Å². The third kappa shape index (κ3) is 7.40. The fourth-order valence-electron chi connectivity index (χ4n) is 4.01. The molecule has 0 N–H and O–H groups in total. The molecule has 0 saturated carbocycles. The third-order valence-corrected chi connectivity index (χ3v) is 7.83. The van der Waals surface area contributed by atoms with Crippen molar-refractivity contribution in [3.63, 3.8) is 0 Å². The van der Waals surface area contributed by atoms with Gasteiger partial charge in [0.1, 0.15) is 16.5 Å². The standard InChI is InChI=1S/C28H31Cl2FN2O4S/c1-5-32(6-2)23-11-10-21(18-33(17-19(3)4)28(34)20-8-7-9-22(31)14-20)27(15-23)37-38(35,36)24-12-13-25(29)26(30)16-24/h7-16,19H,5-6,17-18H2,1-4H3. The molecular weight excluding hydrogens is 550 g/mol. The summed E-state index contributed by atoms with van der Waals surface area (Å²) in [6, 6.07) is 14.7. The summed E-state index contributed by atoms with van der Waals surface area (Å²) in [4.78, 5) is 16.8. The number of benzene rings is 3. The van der Waals surface area contributed by atoms with E-state index in [1.807, 2.05) is 38.7 Å². The third-order valence-electron chi connectivity index (χ3n) is 5.86. The van der Waals surface area contributed by atoms with E-state index in [1.54, 1.807) is 23.1 Å². The van der Waals surface area contributed by atoms with Gasteiger partial charge in [-0.15, -0.1) is 0 Å². The average Bonchev–Trinajstić information content (AvgIpc) is 2.86. The highest BCUT2D eigenvalue weighted by molar-refractivity contribution is 7.87. The highest BCUT2D eigenvalue weighted by Crippen LogP contribution is 2.32. The Balaban J connectivity index is 2.05. The molecule has 10 heteroatoms. The van der Waals surface area contributed by atoms with E-state index in [4.69, 9.17) is 27.4 Å². The first-order valence-corrected chi connectivity index (χ1v) is 14.4. The molecule has 0 saturated heterocycles. The summed E-state index contributed by atoms with van der Waals surface area (Å²) in [6.45, 7) is 9.73. The zero-order valence-corrected chi connectivity index (χ0v) is 24.1. The molecule has 0 aliphatic heterocycles. The molecule has 0 aromatic heterocycles. The van der Waals surface area contributed by atoms with Gasteiger partial charge in [-0.2, -0.15) is 8.42 Å². The number of carbonyl (C=O) groups excluding carboxylic acids is 1. The maximum atomic E-state index is 13.9. The number of nitrogens with zero attached hydrogens (tertiary/aromatic N) is 2. The van der Waals surface area contributed by atoms with Crippen molar-refractivity contribution < 1.29 is 21.8 Å². The summed E-state index contributed by atoms with van der Waals surface area (Å²) >= 11 is 12.0. The molecule has 3 rings (SSSR count). The van der Waals surface area contributed by atoms with Crippen LogP contribution in [0.2, 0.25) is 10.0 Å². The Morgan fingerprint density at radius 2 is 1.68 bits per heavy atom. The van der Waals surface area contributed by atoms with Gasteiger partial charge in [0.05, 0.1) is 10.0 Å². The van der Waals surface area contributed by atoms with E-state index in [0.29, 0.717) is 25.2 Å². The second kappa shape index (κ2) is 12.8. The molecule has 3 aromatic carbocycles. The number of hydrogen-bond acceptors (Lipinski definition) is 5. The number of rotatable bonds is 11. The molecule has 3 aromatic rings. The minimum absolute atomic E-state index is 0.0539. The lowest BCUT2D eigenvalue weighted by atomic mass is 10.1. The Hall–Kier alpha value is -2.81. The lowest BCUT2D eigenvalue weighted by Gasteiger charge is -2.27. The van der Waals surface area contributed by atoms with Crippen LogP contribution in [0, 0.1) is 11.7 Å². The number of halogens is 3. The van der Waals surface area contributed by atoms with Crippen LogP contribution in [0.15, 0.2) is 65.6 Å². The van der Waals surface area contributed by atoms with Crippen LogP contribution >= 0.6 is 23.2 Å². The van der Waals surface area contributed by atoms with Gasteiger partial charge in [0, 0.05) is 49.1 Å². The fourth-order valence-corrected chi connectivity index (χ4v) is 5.35. The van der Waals surface area contributed by atoms with Crippen molar-refractivity contribution in [3.8, 4) is 5.75 Å². The topological polar surface area (TPSA) is 66.9 Å². The Bertz CT molecular complexity index is 1400. The van der Waals surface area contributed by atoms with E-state index in [9.17, 15) is 17.6 Å². The molecule has 0 aliphatic carbocycles. The molecule has 0 bridgehead atoms. The van der Waals surface area contributed by atoms with Crippen molar-refractivity contribution in [2.45, 2.75) is 39.1 Å². The molecule has 204 valence electrons. The number of amides is 1. The second-order valence-electron chi connectivity index (χ2n) is 9.17. The van der Waals surface area contributed by atoms with Crippen LogP contribution in [0.4, 0.5) is 10.1 Å². The predicted molar refractivity (Wildman–Crippen MR) is 150 cm³/mol. The van der Waals surface area contributed by atoms with Gasteiger partial charge in [-0.05, 0) is 62.2 Å². The minimum Gasteiger partial charge on any atom is -0.379 e. The monoisotopic (exact) mass is 580 g/mol. The molecule has 38 heavy (non-hydrogen) atoms. The molecule has 0 heterocycles. The predicted octanol–water partition coefficient (Wildman–Crippen LogP) is 7.04. The van der Waals surface area contributed by atoms with Crippen molar-refractivity contribution >= 4 is 44.9 Å². The first-order valence-electron chi connectivity index (χ1n) is 12.3. The number of carbonyl (C=O) groups is 1. The molecule has 0 fully saturated rings. The lowest BCUT2D eigenvalue weighted by Crippen LogP contribution is -2.34. The van der Waals surface area contributed by atoms with Crippen LogP contribution in [-0.4, -0.2) is 38.9 Å². The van der Waals surface area contributed by atoms with Gasteiger partial charge in [0.15, 0.2) is 0 Å². The number of anilines is 1. The minimum atomic E-state index is -4.28. The Morgan fingerprint density at radius 1 is 0.974 bits per heavy atom. The van der Waals surface area contributed by atoms with Gasteiger partial charge >= 0.3 is 10.1 Å². The molecule has 6 nitrogen and oxygen atoms in total. The smallest absolute Gasteiger partial charge is 0.339 e. The maximum Gasteiger partial charge on any atom is 0.339 e. The summed E-state index contributed by atoms with van der Waals surface area (Å²) in [6.07, 6.45) is 0. The zero-order valence-electron chi connectivity index (χ0n) is 21.7. The Kier molecular flexibility index (Phi) is 10.0. The van der Waals surface area contributed by atoms with E-state index in [0.717, 1.165) is 5.69 Å². The molecule has 0 unspecified atom stereocenters. The summed E-state index contributed by atoms with van der Waals surface area (Å²) in [5.74, 6) is -0.696. The van der Waals surface area contributed by atoms with E-state index < -0.39 is 15.9 Å². The second-order valence-corrected chi connectivity index (χ2v) is 11.5. The molecular formula is C28H31Cl2FN2O4S. The van der Waals surface area contributed by atoms with Crippen LogP contribution in [0.25, 0.3) is 0 Å². The van der Waals surface area contributed by atoms with Gasteiger partial charge in [-0.3, -0.25) is 4.79 Å². The number of hydrogen-bond donors (Lipinski definition) is 0. The van der Waals surface area contributed by atoms with Crippen LogP contribution in [0.3, 0.4) is 0 Å². The van der Waals surface area contributed by atoms with E-state index in [-0.39, 0.29) is 44.6 Å². The summed E-state index contributed by atoms with van der Waals surface area (Å²) in [5, 5.41) is 0.298. The van der Waals surface area contributed by atoms with E-state index >= 15 is 0 Å². The van der Waals surface area contributed by atoms with Gasteiger partial charge in [-0.25, -0.2) is 4.39 Å². The van der Waals surface area contributed by atoms with Crippen molar-refractivity contribution in [2.24, 2.45) is 5.92 Å². The fraction of sp³-hybridized carbons (Fsp3) is 0.321. The van der Waals surface area contributed by atoms with Crippen LogP contribution < -0.4 is 9.08 Å². The highest BCUT2D eigenvalue weighted by Gasteiger charge is 2.24. The molecule has 0 aliphatic rings. The van der Waals surface area contributed by atoms with Crippen LogP contribution in [-0.2, 0) is 16.7 Å². The normalized spacial score (nSPS) is 11.5. The zero-order chi connectivity index (χ0) is 28.0. The Morgan fingerprint density at radius 3 is 2.29 bits per heavy atom. The van der Waals surface area contributed by atoms with E-state index in [1.165, 1.54) is 36.4 Å². The van der Waals surface area contributed by atoms with Crippen molar-refractivity contribution in [1.82, 2.24) is 4.90 Å². The quantitative estimate of drug-likeness (QED) is 0.227. The lowest BCUT2D eigenvalue weighted by molar-refractivity contribution is 0.0721. The van der Waals surface area contributed by atoms with Gasteiger partial charge < -0.3 is 14.0 Å². The Labute approximate surface area is 234 Å². The maximum absolute atomic E-state index is 13.9. The highest BCUT2D eigenvalue weighted by atomic mass is 35.5. The van der Waals surface area contributed by atoms with Gasteiger partial charge in [-0.1, -0.05) is 49.2 Å². The first-order chi connectivity index (χ1) is 17.9. The molecule has 1 amide bonds. The summed E-state index contributed by atoms with van der Waals surface area (Å²) in [5.41, 5.74) is 1.45.